The van der Waals surface area contributed by atoms with Crippen molar-refractivity contribution in [2.75, 3.05) is 6.61 Å². The third-order valence-corrected chi connectivity index (χ3v) is 6.56. The summed E-state index contributed by atoms with van der Waals surface area (Å²) in [6.45, 7) is 2.61. The first-order valence-corrected chi connectivity index (χ1v) is 14.0. The van der Waals surface area contributed by atoms with E-state index >= 15 is 0 Å². The van der Waals surface area contributed by atoms with Gasteiger partial charge in [-0.2, -0.15) is 0 Å². The van der Waals surface area contributed by atoms with E-state index in [1.54, 1.807) is 0 Å². The van der Waals surface area contributed by atoms with Crippen LogP contribution in [-0.4, -0.2) is 34.3 Å². The number of hydrogen-bond donors (Lipinski definition) is 2. The molecule has 0 unspecified atom stereocenters. The molecule has 0 aliphatic rings. The van der Waals surface area contributed by atoms with Gasteiger partial charge in [-0.05, 0) is 12.0 Å². The average Bonchev–Trinajstić information content (AvgIpc) is 2.84. The first kappa shape index (κ1) is 30.6. The van der Waals surface area contributed by atoms with Crippen molar-refractivity contribution < 1.29 is 19.9 Å². The number of hydroxylamine groups is 2. The maximum Gasteiger partial charge on any atom is 0.328 e. The van der Waals surface area contributed by atoms with E-state index in [1.165, 1.54) is 96.3 Å². The monoisotopic (exact) mass is 477 g/mol. The molecule has 0 aliphatic carbocycles. The molecule has 0 saturated heterocycles. The third-order valence-electron chi connectivity index (χ3n) is 6.56. The number of hydrogen-bond acceptors (Lipinski definition) is 5. The minimum atomic E-state index is -1.10. The summed E-state index contributed by atoms with van der Waals surface area (Å²) in [5.41, 5.74) is 0.853. The lowest BCUT2D eigenvalue weighted by Crippen LogP contribution is -2.39. The van der Waals surface area contributed by atoms with Crippen LogP contribution in [0, 0.1) is 0 Å². The molecule has 0 aromatic heterocycles. The van der Waals surface area contributed by atoms with E-state index < -0.39 is 12.0 Å². The van der Waals surface area contributed by atoms with Gasteiger partial charge in [0.05, 0.1) is 6.61 Å². The summed E-state index contributed by atoms with van der Waals surface area (Å²) in [6, 6.07) is 8.19. The normalized spacial score (nSPS) is 12.2. The molecule has 1 aromatic carbocycles. The number of unbranched alkanes of at least 4 members (excludes halogenated alkanes) is 17. The van der Waals surface area contributed by atoms with Gasteiger partial charge in [-0.15, -0.1) is 0 Å². The molecule has 0 radical (unpaired) electrons. The molecule has 1 aromatic rings. The molecule has 196 valence electrons. The standard InChI is InChI=1S/C29H51NO4/c1-2-3-4-5-6-7-8-9-10-11-12-13-14-15-16-17-18-22-25-34-29(31)28(30(32)33)26-27-23-20-19-21-24-27/h19-21,23-24,28,32-33H,2-18,22,25-26H2,1H3/t28-/m0/s1. The second kappa shape index (κ2) is 22.1. The fraction of sp³-hybridized carbons (Fsp3) is 0.759. The van der Waals surface area contributed by atoms with Crippen molar-refractivity contribution in [1.29, 1.82) is 0 Å². The second-order valence-corrected chi connectivity index (χ2v) is 9.70. The van der Waals surface area contributed by atoms with E-state index in [4.69, 9.17) is 4.74 Å². The van der Waals surface area contributed by atoms with Crippen molar-refractivity contribution in [3.63, 3.8) is 0 Å². The van der Waals surface area contributed by atoms with Crippen LogP contribution in [0.1, 0.15) is 128 Å². The lowest BCUT2D eigenvalue weighted by molar-refractivity contribution is -0.327. The summed E-state index contributed by atoms with van der Waals surface area (Å²) >= 11 is 0. The lowest BCUT2D eigenvalue weighted by atomic mass is 10.0. The first-order chi connectivity index (χ1) is 16.6. The highest BCUT2D eigenvalue weighted by Crippen LogP contribution is 2.14. The molecule has 1 atom stereocenters. The number of carbonyl (C=O) groups excluding carboxylic acids is 1. The highest BCUT2D eigenvalue weighted by molar-refractivity contribution is 5.75. The van der Waals surface area contributed by atoms with E-state index in [2.05, 4.69) is 6.92 Å². The van der Waals surface area contributed by atoms with Crippen LogP contribution >= 0.6 is 0 Å². The van der Waals surface area contributed by atoms with Gasteiger partial charge in [-0.25, -0.2) is 0 Å². The van der Waals surface area contributed by atoms with Crippen molar-refractivity contribution in [2.24, 2.45) is 0 Å². The van der Waals surface area contributed by atoms with E-state index in [0.29, 0.717) is 6.61 Å². The lowest BCUT2D eigenvalue weighted by Gasteiger charge is -2.19. The number of rotatable bonds is 23. The molecule has 34 heavy (non-hydrogen) atoms. The van der Waals surface area contributed by atoms with E-state index in [-0.39, 0.29) is 11.6 Å². The zero-order chi connectivity index (χ0) is 24.7. The summed E-state index contributed by atoms with van der Waals surface area (Å²) in [4.78, 5) is 12.2. The molecule has 5 heteroatoms. The molecule has 5 nitrogen and oxygen atoms in total. The van der Waals surface area contributed by atoms with Crippen LogP contribution in [0.15, 0.2) is 30.3 Å². The van der Waals surface area contributed by atoms with Gasteiger partial charge < -0.3 is 4.74 Å². The molecule has 0 heterocycles. The minimum absolute atomic E-state index is 0.0368. The van der Waals surface area contributed by atoms with Gasteiger partial charge in [0.1, 0.15) is 0 Å². The number of ether oxygens (including phenoxy) is 1. The summed E-state index contributed by atoms with van der Waals surface area (Å²) in [7, 11) is 0. The molecule has 1 rings (SSSR count). The second-order valence-electron chi connectivity index (χ2n) is 9.70. The number of benzene rings is 1. The van der Waals surface area contributed by atoms with Gasteiger partial charge in [0.25, 0.3) is 0 Å². The highest BCUT2D eigenvalue weighted by atomic mass is 16.8. The Balaban J connectivity index is 1.88. The van der Waals surface area contributed by atoms with Crippen molar-refractivity contribution in [3.05, 3.63) is 35.9 Å². The molecule has 0 fully saturated rings. The number of nitrogens with zero attached hydrogens (tertiary/aromatic N) is 1. The molecule has 2 N–H and O–H groups in total. The minimum Gasteiger partial charge on any atom is -0.464 e. The Morgan fingerprint density at radius 3 is 1.53 bits per heavy atom. The molecule has 0 bridgehead atoms. The predicted molar refractivity (Wildman–Crippen MR) is 139 cm³/mol. The summed E-state index contributed by atoms with van der Waals surface area (Å²) in [6.07, 6.45) is 23.9. The van der Waals surface area contributed by atoms with Gasteiger partial charge in [0.2, 0.25) is 0 Å². The first-order valence-electron chi connectivity index (χ1n) is 14.0. The van der Waals surface area contributed by atoms with E-state index in [9.17, 15) is 15.2 Å². The van der Waals surface area contributed by atoms with Crippen LogP contribution in [0.4, 0.5) is 0 Å². The number of carbonyl (C=O) groups is 1. The Bertz CT molecular complexity index is 579. The summed E-state index contributed by atoms with van der Waals surface area (Å²) in [5, 5.41) is 18.7. The molecular formula is C29H51NO4. The fourth-order valence-electron chi connectivity index (χ4n) is 4.37. The fourth-order valence-corrected chi connectivity index (χ4v) is 4.37. The Hall–Kier alpha value is -1.43. The van der Waals surface area contributed by atoms with Crippen molar-refractivity contribution in [2.45, 2.75) is 135 Å². The maximum atomic E-state index is 12.2. The predicted octanol–water partition coefficient (Wildman–Crippen LogP) is 8.26. The zero-order valence-electron chi connectivity index (χ0n) is 21.8. The van der Waals surface area contributed by atoms with Crippen LogP contribution in [-0.2, 0) is 16.0 Å². The Morgan fingerprint density at radius 2 is 1.12 bits per heavy atom. The van der Waals surface area contributed by atoms with Crippen molar-refractivity contribution >= 4 is 5.97 Å². The quantitative estimate of drug-likeness (QED) is 0.0943. The van der Waals surface area contributed by atoms with Gasteiger partial charge in [0.15, 0.2) is 6.04 Å². The zero-order valence-corrected chi connectivity index (χ0v) is 21.8. The largest absolute Gasteiger partial charge is 0.464 e. The van der Waals surface area contributed by atoms with Crippen molar-refractivity contribution in [1.82, 2.24) is 5.23 Å². The molecule has 0 spiro atoms. The SMILES string of the molecule is CCCCCCCCCCCCCCCCCCCCOC(=O)[C@H](Cc1ccccc1)N(O)O. The van der Waals surface area contributed by atoms with Crippen LogP contribution in [0.5, 0.6) is 0 Å². The highest BCUT2D eigenvalue weighted by Gasteiger charge is 2.26. The average molecular weight is 478 g/mol. The number of esters is 1. The smallest absolute Gasteiger partial charge is 0.328 e. The van der Waals surface area contributed by atoms with E-state index in [0.717, 1.165) is 24.8 Å². The third kappa shape index (κ3) is 17.1. The summed E-state index contributed by atoms with van der Waals surface area (Å²) < 4.78 is 5.27. The Labute approximate surface area is 208 Å². The molecular weight excluding hydrogens is 426 g/mol. The van der Waals surface area contributed by atoms with E-state index in [1.807, 2.05) is 30.3 Å². The van der Waals surface area contributed by atoms with Crippen LogP contribution < -0.4 is 0 Å². The van der Waals surface area contributed by atoms with Crippen LogP contribution in [0.3, 0.4) is 0 Å². The van der Waals surface area contributed by atoms with Crippen LogP contribution in [0.2, 0.25) is 0 Å². The van der Waals surface area contributed by atoms with Gasteiger partial charge in [0, 0.05) is 6.42 Å². The molecule has 0 amide bonds. The topological polar surface area (TPSA) is 70.0 Å². The molecule has 0 saturated carbocycles. The van der Waals surface area contributed by atoms with Gasteiger partial charge >= 0.3 is 5.97 Å². The van der Waals surface area contributed by atoms with Crippen molar-refractivity contribution in [3.8, 4) is 0 Å². The Kier molecular flexibility index (Phi) is 19.9. The molecule has 0 aliphatic heterocycles. The Morgan fingerprint density at radius 1 is 0.706 bits per heavy atom. The summed E-state index contributed by atoms with van der Waals surface area (Å²) in [5.74, 6) is -0.596. The maximum absolute atomic E-state index is 12.2. The van der Waals surface area contributed by atoms with Gasteiger partial charge in [-0.3, -0.25) is 15.2 Å². The van der Waals surface area contributed by atoms with Crippen LogP contribution in [0.25, 0.3) is 0 Å². The van der Waals surface area contributed by atoms with Gasteiger partial charge in [-0.1, -0.05) is 152 Å².